The fraction of sp³-hybridized carbons (Fsp3) is 0.400. The number of hydrogen-bond donors (Lipinski definition) is 3. The summed E-state index contributed by atoms with van der Waals surface area (Å²) in [6, 6.07) is 16.7. The van der Waals surface area contributed by atoms with Crippen molar-refractivity contribution in [1.82, 2.24) is 15.5 Å². The molecule has 0 saturated carbocycles. The summed E-state index contributed by atoms with van der Waals surface area (Å²) in [7, 11) is 0. The molecule has 3 N–H and O–H groups in total. The number of amides is 3. The maximum atomic E-state index is 12.9. The molecule has 1 fully saturated rings. The summed E-state index contributed by atoms with van der Waals surface area (Å²) in [5, 5.41) is 8.90. The number of anilines is 1. The van der Waals surface area contributed by atoms with Gasteiger partial charge in [-0.25, -0.2) is 0 Å². The molecule has 0 aromatic heterocycles. The molecular weight excluding hydrogens is 404 g/mol. The van der Waals surface area contributed by atoms with Crippen LogP contribution >= 0.6 is 0 Å². The van der Waals surface area contributed by atoms with Gasteiger partial charge in [0.2, 0.25) is 11.8 Å². The van der Waals surface area contributed by atoms with Gasteiger partial charge in [0.15, 0.2) is 0 Å². The molecule has 0 radical (unpaired) electrons. The number of para-hydroxylation sites is 1. The average molecular weight is 437 g/mol. The summed E-state index contributed by atoms with van der Waals surface area (Å²) in [5.41, 5.74) is 1.93. The van der Waals surface area contributed by atoms with Crippen molar-refractivity contribution in [1.29, 1.82) is 0 Å². The third-order valence-electron chi connectivity index (χ3n) is 5.65. The molecule has 2 aromatic carbocycles. The Labute approximate surface area is 189 Å². The molecule has 2 aromatic rings. The summed E-state index contributed by atoms with van der Waals surface area (Å²) in [5.74, 6) is -0.382. The van der Waals surface area contributed by atoms with E-state index in [1.54, 1.807) is 24.3 Å². The lowest BCUT2D eigenvalue weighted by molar-refractivity contribution is -0.121. The molecule has 2 unspecified atom stereocenters. The highest BCUT2D eigenvalue weighted by Crippen LogP contribution is 2.18. The van der Waals surface area contributed by atoms with E-state index in [9.17, 15) is 14.4 Å². The number of piperidine rings is 1. The fourth-order valence-electron chi connectivity index (χ4n) is 3.93. The van der Waals surface area contributed by atoms with E-state index in [0.29, 0.717) is 24.2 Å². The van der Waals surface area contributed by atoms with Crippen molar-refractivity contribution in [3.8, 4) is 0 Å². The Morgan fingerprint density at radius 2 is 1.75 bits per heavy atom. The van der Waals surface area contributed by atoms with Crippen LogP contribution in [0.3, 0.4) is 0 Å². The van der Waals surface area contributed by atoms with Crippen LogP contribution in [0.4, 0.5) is 5.69 Å². The van der Waals surface area contributed by atoms with Crippen molar-refractivity contribution in [2.24, 2.45) is 0 Å². The Morgan fingerprint density at radius 3 is 2.50 bits per heavy atom. The van der Waals surface area contributed by atoms with Crippen molar-refractivity contribution in [3.63, 3.8) is 0 Å². The van der Waals surface area contributed by atoms with Crippen molar-refractivity contribution in [3.05, 3.63) is 65.7 Å². The van der Waals surface area contributed by atoms with Gasteiger partial charge in [0, 0.05) is 19.0 Å². The predicted molar refractivity (Wildman–Crippen MR) is 125 cm³/mol. The molecule has 32 heavy (non-hydrogen) atoms. The zero-order valence-electron chi connectivity index (χ0n) is 18.8. The topological polar surface area (TPSA) is 90.5 Å². The van der Waals surface area contributed by atoms with Crippen LogP contribution in [-0.4, -0.2) is 48.3 Å². The quantitative estimate of drug-likeness (QED) is 0.593. The number of rotatable bonds is 8. The van der Waals surface area contributed by atoms with Gasteiger partial charge in [0.1, 0.15) is 0 Å². The van der Waals surface area contributed by atoms with Crippen molar-refractivity contribution in [2.75, 3.05) is 25.0 Å². The molecule has 1 aliphatic heterocycles. The van der Waals surface area contributed by atoms with E-state index in [2.05, 4.69) is 16.0 Å². The molecule has 1 aliphatic rings. The molecule has 0 bridgehead atoms. The first kappa shape index (κ1) is 23.5. The van der Waals surface area contributed by atoms with E-state index >= 15 is 0 Å². The Hall–Kier alpha value is -3.19. The number of benzene rings is 2. The second kappa shape index (κ2) is 11.4. The minimum absolute atomic E-state index is 0.0333. The molecule has 3 rings (SSSR count). The number of likely N-dealkylation sites (tertiary alicyclic amines) is 1. The van der Waals surface area contributed by atoms with Gasteiger partial charge >= 0.3 is 0 Å². The predicted octanol–water partition coefficient (Wildman–Crippen LogP) is 3.11. The molecule has 1 heterocycles. The van der Waals surface area contributed by atoms with Crippen LogP contribution in [0.15, 0.2) is 54.6 Å². The number of carbonyl (C=O) groups is 3. The monoisotopic (exact) mass is 436 g/mol. The van der Waals surface area contributed by atoms with Gasteiger partial charge in [-0.3, -0.25) is 19.3 Å². The lowest BCUT2D eigenvalue weighted by Gasteiger charge is -2.32. The van der Waals surface area contributed by atoms with Crippen LogP contribution < -0.4 is 16.0 Å². The van der Waals surface area contributed by atoms with Crippen molar-refractivity contribution >= 4 is 23.4 Å². The lowest BCUT2D eigenvalue weighted by atomic mass is 10.1. The number of hydrogen-bond acceptors (Lipinski definition) is 4. The van der Waals surface area contributed by atoms with E-state index in [1.165, 1.54) is 0 Å². The van der Waals surface area contributed by atoms with Gasteiger partial charge in [0.05, 0.1) is 23.8 Å². The van der Waals surface area contributed by atoms with E-state index in [-0.39, 0.29) is 36.3 Å². The Morgan fingerprint density at radius 1 is 1.03 bits per heavy atom. The van der Waals surface area contributed by atoms with Gasteiger partial charge in [0.25, 0.3) is 5.91 Å². The Kier molecular flexibility index (Phi) is 8.39. The highest BCUT2D eigenvalue weighted by Gasteiger charge is 2.23. The molecule has 2 atom stereocenters. The number of carbonyl (C=O) groups excluding carboxylic acids is 3. The molecule has 7 heteroatoms. The van der Waals surface area contributed by atoms with Crippen LogP contribution in [0, 0.1) is 0 Å². The standard InChI is InChI=1S/C25H32N4O3/c1-3-23(30)27-20-12-9-15-29(16-20)17-24(31)28-22-14-8-7-13-21(22)25(32)26-18(2)19-10-5-4-6-11-19/h4-8,10-11,13-14,18,20H,3,9,12,15-17H2,1-2H3,(H,26,32)(H,27,30)(H,28,31). The normalized spacial score (nSPS) is 17.2. The minimum atomic E-state index is -0.238. The van der Waals surface area contributed by atoms with Gasteiger partial charge in [-0.2, -0.15) is 0 Å². The first-order valence-electron chi connectivity index (χ1n) is 11.2. The Balaban J connectivity index is 1.58. The molecule has 170 valence electrons. The van der Waals surface area contributed by atoms with Gasteiger partial charge < -0.3 is 16.0 Å². The highest BCUT2D eigenvalue weighted by molar-refractivity contribution is 6.04. The third kappa shape index (κ3) is 6.65. The average Bonchev–Trinajstić information content (AvgIpc) is 2.80. The first-order chi connectivity index (χ1) is 15.5. The van der Waals surface area contributed by atoms with Crippen LogP contribution in [0.5, 0.6) is 0 Å². The largest absolute Gasteiger partial charge is 0.352 e. The maximum Gasteiger partial charge on any atom is 0.253 e. The molecule has 7 nitrogen and oxygen atoms in total. The summed E-state index contributed by atoms with van der Waals surface area (Å²) >= 11 is 0. The fourth-order valence-corrected chi connectivity index (χ4v) is 3.93. The molecule has 0 spiro atoms. The Bertz CT molecular complexity index is 932. The number of nitrogens with zero attached hydrogens (tertiary/aromatic N) is 1. The molecular formula is C25H32N4O3. The van der Waals surface area contributed by atoms with Crippen molar-refractivity contribution in [2.45, 2.75) is 45.2 Å². The highest BCUT2D eigenvalue weighted by atomic mass is 16.2. The van der Waals surface area contributed by atoms with Gasteiger partial charge in [-0.1, -0.05) is 49.4 Å². The minimum Gasteiger partial charge on any atom is -0.352 e. The molecule has 0 aliphatic carbocycles. The van der Waals surface area contributed by atoms with E-state index < -0.39 is 0 Å². The summed E-state index contributed by atoms with van der Waals surface area (Å²) < 4.78 is 0. The van der Waals surface area contributed by atoms with Crippen LogP contribution in [0.25, 0.3) is 0 Å². The second-order valence-electron chi connectivity index (χ2n) is 8.19. The van der Waals surface area contributed by atoms with Crippen molar-refractivity contribution < 1.29 is 14.4 Å². The maximum absolute atomic E-state index is 12.9. The first-order valence-corrected chi connectivity index (χ1v) is 11.2. The summed E-state index contributed by atoms with van der Waals surface area (Å²) in [6.07, 6.45) is 2.31. The van der Waals surface area contributed by atoms with Gasteiger partial charge in [-0.15, -0.1) is 0 Å². The third-order valence-corrected chi connectivity index (χ3v) is 5.65. The summed E-state index contributed by atoms with van der Waals surface area (Å²) in [6.45, 7) is 5.43. The van der Waals surface area contributed by atoms with Crippen LogP contribution in [-0.2, 0) is 9.59 Å². The van der Waals surface area contributed by atoms with Gasteiger partial charge in [-0.05, 0) is 44.0 Å². The molecule has 3 amide bonds. The molecule has 1 saturated heterocycles. The summed E-state index contributed by atoms with van der Waals surface area (Å²) in [4.78, 5) is 39.3. The van der Waals surface area contributed by atoms with E-state index in [4.69, 9.17) is 0 Å². The van der Waals surface area contributed by atoms with E-state index in [1.807, 2.05) is 49.1 Å². The van der Waals surface area contributed by atoms with E-state index in [0.717, 1.165) is 24.9 Å². The SMILES string of the molecule is CCC(=O)NC1CCCN(CC(=O)Nc2ccccc2C(=O)NC(C)c2ccccc2)C1. The van der Waals surface area contributed by atoms with Crippen LogP contribution in [0.2, 0.25) is 0 Å². The zero-order chi connectivity index (χ0) is 22.9. The lowest BCUT2D eigenvalue weighted by Crippen LogP contribution is -2.49. The van der Waals surface area contributed by atoms with Crippen LogP contribution in [0.1, 0.15) is 55.1 Å². The second-order valence-corrected chi connectivity index (χ2v) is 8.19. The number of nitrogens with one attached hydrogen (secondary N) is 3. The zero-order valence-corrected chi connectivity index (χ0v) is 18.8. The smallest absolute Gasteiger partial charge is 0.253 e.